The van der Waals surface area contributed by atoms with Crippen molar-refractivity contribution in [1.29, 1.82) is 0 Å². The molecule has 0 saturated heterocycles. The summed E-state index contributed by atoms with van der Waals surface area (Å²) in [5, 5.41) is 4.49. The Morgan fingerprint density at radius 2 is 2.12 bits per heavy atom. The van der Waals surface area contributed by atoms with Crippen molar-refractivity contribution in [2.45, 2.75) is 32.6 Å². The van der Waals surface area contributed by atoms with Gasteiger partial charge in [0.15, 0.2) is 0 Å². The third-order valence-electron chi connectivity index (χ3n) is 2.63. The van der Waals surface area contributed by atoms with Crippen LogP contribution >= 0.6 is 0 Å². The number of rotatable bonds is 1. The Hall–Kier alpha value is -1.51. The molecule has 0 aliphatic carbocycles. The topological polar surface area (TPSA) is 27.1 Å². The molecule has 1 aliphatic rings. The summed E-state index contributed by atoms with van der Waals surface area (Å²) in [4.78, 5) is 0. The van der Waals surface area contributed by atoms with Crippen LogP contribution in [0, 0.1) is 0 Å². The van der Waals surface area contributed by atoms with Crippen molar-refractivity contribution in [3.05, 3.63) is 35.9 Å². The van der Waals surface area contributed by atoms with Crippen LogP contribution in [0.5, 0.6) is 0 Å². The summed E-state index contributed by atoms with van der Waals surface area (Å²) < 4.78 is 7.38. The minimum Gasteiger partial charge on any atom is -0.463 e. The summed E-state index contributed by atoms with van der Waals surface area (Å²) in [6, 6.07) is 2.10. The van der Waals surface area contributed by atoms with Gasteiger partial charge in [0.2, 0.25) is 0 Å². The van der Waals surface area contributed by atoms with Gasteiger partial charge in [-0.05, 0) is 24.6 Å². The Bertz CT molecular complexity index is 447. The molecule has 0 bridgehead atoms. The number of aromatic nitrogens is 2. The number of allylic oxidation sites excluding steroid dienone is 2. The van der Waals surface area contributed by atoms with Crippen molar-refractivity contribution < 1.29 is 4.74 Å². The Kier molecular flexibility index (Phi) is 2.62. The number of aryl methyl sites for hydroxylation is 1. The van der Waals surface area contributed by atoms with Crippen molar-refractivity contribution in [1.82, 2.24) is 9.78 Å². The van der Waals surface area contributed by atoms with Crippen LogP contribution in [0.4, 0.5) is 0 Å². The lowest BCUT2D eigenvalue weighted by atomic mass is 9.92. The summed E-state index contributed by atoms with van der Waals surface area (Å²) >= 11 is 0. The van der Waals surface area contributed by atoms with Crippen LogP contribution in [0.3, 0.4) is 0 Å². The van der Waals surface area contributed by atoms with Gasteiger partial charge in [0.1, 0.15) is 11.5 Å². The summed E-state index contributed by atoms with van der Waals surface area (Å²) in [5.74, 6) is 0.855. The Morgan fingerprint density at radius 3 is 2.62 bits per heavy atom. The normalized spacial score (nSPS) is 15.9. The van der Waals surface area contributed by atoms with Crippen molar-refractivity contribution in [2.75, 3.05) is 0 Å². The van der Waals surface area contributed by atoms with Crippen LogP contribution in [0.1, 0.15) is 38.6 Å². The van der Waals surface area contributed by atoms with Crippen LogP contribution in [-0.4, -0.2) is 9.78 Å². The van der Waals surface area contributed by atoms with Gasteiger partial charge in [0.05, 0.1) is 6.26 Å². The van der Waals surface area contributed by atoms with E-state index in [1.54, 1.807) is 6.26 Å². The largest absolute Gasteiger partial charge is 0.463 e. The second kappa shape index (κ2) is 3.81. The van der Waals surface area contributed by atoms with Crippen LogP contribution in [-0.2, 0) is 17.2 Å². The quantitative estimate of drug-likeness (QED) is 0.724. The fraction of sp³-hybridized carbons (Fsp3) is 0.462. The van der Waals surface area contributed by atoms with E-state index in [0.29, 0.717) is 0 Å². The molecule has 16 heavy (non-hydrogen) atoms. The van der Waals surface area contributed by atoms with E-state index in [-0.39, 0.29) is 5.41 Å². The maximum Gasteiger partial charge on any atom is 0.150 e. The zero-order valence-corrected chi connectivity index (χ0v) is 10.3. The molecule has 2 heterocycles. The second-order valence-corrected chi connectivity index (χ2v) is 5.08. The molecule has 86 valence electrons. The van der Waals surface area contributed by atoms with Gasteiger partial charge in [0, 0.05) is 18.2 Å². The van der Waals surface area contributed by atoms with Crippen molar-refractivity contribution in [2.24, 2.45) is 7.05 Å². The highest BCUT2D eigenvalue weighted by Gasteiger charge is 2.21. The lowest BCUT2D eigenvalue weighted by molar-refractivity contribution is 0.424. The fourth-order valence-electron chi connectivity index (χ4n) is 1.85. The SMILES string of the molecule is Cn1nc(C2=CCC=CO2)cc1C(C)(C)C. The molecule has 0 N–H and O–H groups in total. The molecule has 0 saturated carbocycles. The minimum atomic E-state index is 0.102. The molecule has 0 unspecified atom stereocenters. The molecule has 0 atom stereocenters. The zero-order chi connectivity index (χ0) is 11.8. The molecule has 0 amide bonds. The van der Waals surface area contributed by atoms with Gasteiger partial charge < -0.3 is 4.74 Å². The first-order valence-electron chi connectivity index (χ1n) is 5.55. The predicted molar refractivity (Wildman–Crippen MR) is 64.7 cm³/mol. The van der Waals surface area contributed by atoms with E-state index in [1.807, 2.05) is 17.8 Å². The van der Waals surface area contributed by atoms with Crippen molar-refractivity contribution >= 4 is 5.76 Å². The van der Waals surface area contributed by atoms with Gasteiger partial charge in [-0.15, -0.1) is 0 Å². The Balaban J connectivity index is 2.34. The molecule has 0 radical (unpaired) electrons. The Morgan fingerprint density at radius 1 is 1.38 bits per heavy atom. The lowest BCUT2D eigenvalue weighted by Crippen LogP contribution is -2.16. The molecule has 1 aromatic heterocycles. The zero-order valence-electron chi connectivity index (χ0n) is 10.3. The predicted octanol–water partition coefficient (Wildman–Crippen LogP) is 2.99. The third-order valence-corrected chi connectivity index (χ3v) is 2.63. The third kappa shape index (κ3) is 2.03. The molecule has 0 fully saturated rings. The standard InChI is InChI=1S/C13H18N2O/c1-13(2,3)12-9-10(14-15(12)4)11-7-5-6-8-16-11/h6-9H,5H2,1-4H3. The molecule has 3 heteroatoms. The first kappa shape index (κ1) is 11.0. The van der Waals surface area contributed by atoms with E-state index >= 15 is 0 Å². The highest BCUT2D eigenvalue weighted by molar-refractivity contribution is 5.58. The van der Waals surface area contributed by atoms with E-state index in [1.165, 1.54) is 5.69 Å². The molecular formula is C13H18N2O. The summed E-state index contributed by atoms with van der Waals surface area (Å²) in [5.41, 5.74) is 2.23. The van der Waals surface area contributed by atoms with Crippen molar-refractivity contribution in [3.8, 4) is 0 Å². The summed E-state index contributed by atoms with van der Waals surface area (Å²) in [6.07, 6.45) is 6.67. The van der Waals surface area contributed by atoms with E-state index in [0.717, 1.165) is 17.9 Å². The molecule has 0 spiro atoms. The van der Waals surface area contributed by atoms with E-state index in [9.17, 15) is 0 Å². The van der Waals surface area contributed by atoms with Gasteiger partial charge in [-0.1, -0.05) is 20.8 Å². The van der Waals surface area contributed by atoms with Crippen LogP contribution in [0.15, 0.2) is 24.5 Å². The number of ether oxygens (including phenoxy) is 1. The highest BCUT2D eigenvalue weighted by Crippen LogP contribution is 2.26. The van der Waals surface area contributed by atoms with Crippen LogP contribution < -0.4 is 0 Å². The fourth-order valence-corrected chi connectivity index (χ4v) is 1.85. The second-order valence-electron chi connectivity index (χ2n) is 5.08. The minimum absolute atomic E-state index is 0.102. The van der Waals surface area contributed by atoms with E-state index < -0.39 is 0 Å². The van der Waals surface area contributed by atoms with E-state index in [2.05, 4.69) is 38.0 Å². The number of hydrogen-bond donors (Lipinski definition) is 0. The van der Waals surface area contributed by atoms with E-state index in [4.69, 9.17) is 4.74 Å². The number of nitrogens with zero attached hydrogens (tertiary/aromatic N) is 2. The average molecular weight is 218 g/mol. The molecule has 2 rings (SSSR count). The molecule has 1 aromatic rings. The Labute approximate surface area is 96.4 Å². The smallest absolute Gasteiger partial charge is 0.150 e. The van der Waals surface area contributed by atoms with Crippen LogP contribution in [0.2, 0.25) is 0 Å². The summed E-state index contributed by atoms with van der Waals surface area (Å²) in [6.45, 7) is 6.55. The van der Waals surface area contributed by atoms with Crippen molar-refractivity contribution in [3.63, 3.8) is 0 Å². The van der Waals surface area contributed by atoms with Gasteiger partial charge >= 0.3 is 0 Å². The number of hydrogen-bond acceptors (Lipinski definition) is 2. The van der Waals surface area contributed by atoms with Gasteiger partial charge in [-0.2, -0.15) is 5.10 Å². The average Bonchev–Trinajstić information content (AvgIpc) is 2.61. The van der Waals surface area contributed by atoms with Gasteiger partial charge in [-0.25, -0.2) is 0 Å². The molecule has 0 aromatic carbocycles. The van der Waals surface area contributed by atoms with Gasteiger partial charge in [-0.3, -0.25) is 4.68 Å². The first-order chi connectivity index (χ1) is 7.48. The molecular weight excluding hydrogens is 200 g/mol. The maximum absolute atomic E-state index is 5.45. The molecule has 1 aliphatic heterocycles. The molecule has 3 nitrogen and oxygen atoms in total. The lowest BCUT2D eigenvalue weighted by Gasteiger charge is -2.17. The maximum atomic E-state index is 5.45. The highest BCUT2D eigenvalue weighted by atomic mass is 16.5. The van der Waals surface area contributed by atoms with Gasteiger partial charge in [0.25, 0.3) is 0 Å². The van der Waals surface area contributed by atoms with Crippen LogP contribution in [0.25, 0.3) is 5.76 Å². The first-order valence-corrected chi connectivity index (χ1v) is 5.55. The summed E-state index contributed by atoms with van der Waals surface area (Å²) in [7, 11) is 1.98. The monoisotopic (exact) mass is 218 g/mol.